The van der Waals surface area contributed by atoms with E-state index < -0.39 is 0 Å². The molecule has 0 spiro atoms. The number of ether oxygens (including phenoxy) is 1. The fraction of sp³-hybridized carbons (Fsp3) is 0.600. The molecule has 0 saturated heterocycles. The van der Waals surface area contributed by atoms with Gasteiger partial charge in [0.25, 0.3) is 0 Å². The zero-order valence-corrected chi connectivity index (χ0v) is 7.12. The van der Waals surface area contributed by atoms with Crippen LogP contribution in [0.2, 0.25) is 0 Å². The van der Waals surface area contributed by atoms with Gasteiger partial charge in [-0.2, -0.15) is 0 Å². The molecule has 0 amide bonds. The standard InChI is InChI=1S/C10H16O/c1-2-11-9-8-10-6-4-3-5-7-10/h4,6,8-10H,2-3,5,7H2,1H3/b9-8-. The minimum Gasteiger partial charge on any atom is -0.502 e. The number of hydrogen-bond donors (Lipinski definition) is 0. The molecule has 1 atom stereocenters. The van der Waals surface area contributed by atoms with E-state index in [9.17, 15) is 0 Å². The maximum absolute atomic E-state index is 5.12. The molecule has 1 rings (SSSR count). The van der Waals surface area contributed by atoms with Crippen LogP contribution in [0.4, 0.5) is 0 Å². The molecule has 0 N–H and O–H groups in total. The first kappa shape index (κ1) is 8.38. The lowest BCUT2D eigenvalue weighted by Gasteiger charge is -2.10. The van der Waals surface area contributed by atoms with Gasteiger partial charge in [0.15, 0.2) is 0 Å². The third kappa shape index (κ3) is 3.26. The predicted octanol–water partition coefficient (Wildman–Crippen LogP) is 2.89. The van der Waals surface area contributed by atoms with E-state index in [2.05, 4.69) is 18.2 Å². The van der Waals surface area contributed by atoms with Crippen molar-refractivity contribution >= 4 is 0 Å². The van der Waals surface area contributed by atoms with Crippen molar-refractivity contribution in [3.8, 4) is 0 Å². The molecule has 0 saturated carbocycles. The Morgan fingerprint density at radius 2 is 2.55 bits per heavy atom. The molecule has 0 aromatic heterocycles. The molecule has 1 heteroatoms. The average Bonchev–Trinajstić information content (AvgIpc) is 2.07. The Bertz CT molecular complexity index is 147. The molecule has 0 aromatic carbocycles. The third-order valence-corrected chi connectivity index (χ3v) is 1.88. The van der Waals surface area contributed by atoms with Crippen LogP contribution in [0.1, 0.15) is 26.2 Å². The van der Waals surface area contributed by atoms with Crippen LogP contribution in [0.25, 0.3) is 0 Å². The Kier molecular flexibility index (Phi) is 3.81. The Morgan fingerprint density at radius 1 is 1.64 bits per heavy atom. The van der Waals surface area contributed by atoms with Crippen LogP contribution in [-0.4, -0.2) is 6.61 Å². The smallest absolute Gasteiger partial charge is 0.0845 e. The highest BCUT2D eigenvalue weighted by Gasteiger charge is 2.02. The molecule has 0 heterocycles. The number of rotatable bonds is 3. The van der Waals surface area contributed by atoms with Gasteiger partial charge in [-0.3, -0.25) is 0 Å². The molecule has 1 aliphatic carbocycles. The lowest BCUT2D eigenvalue weighted by Crippen LogP contribution is -1.96. The van der Waals surface area contributed by atoms with Gasteiger partial charge in [0.05, 0.1) is 12.9 Å². The molecule has 0 fully saturated rings. The Morgan fingerprint density at radius 3 is 3.18 bits per heavy atom. The third-order valence-electron chi connectivity index (χ3n) is 1.88. The van der Waals surface area contributed by atoms with Crippen molar-refractivity contribution in [2.75, 3.05) is 6.61 Å². The van der Waals surface area contributed by atoms with Crippen molar-refractivity contribution in [1.29, 1.82) is 0 Å². The Balaban J connectivity index is 2.24. The Hall–Kier alpha value is -0.720. The normalized spacial score (nSPS) is 24.3. The highest BCUT2D eigenvalue weighted by atomic mass is 16.5. The summed E-state index contributed by atoms with van der Waals surface area (Å²) >= 11 is 0. The van der Waals surface area contributed by atoms with Gasteiger partial charge in [-0.15, -0.1) is 0 Å². The van der Waals surface area contributed by atoms with Gasteiger partial charge in [0, 0.05) is 0 Å². The van der Waals surface area contributed by atoms with E-state index in [4.69, 9.17) is 4.74 Å². The summed E-state index contributed by atoms with van der Waals surface area (Å²) in [7, 11) is 0. The first-order valence-corrected chi connectivity index (χ1v) is 4.38. The Labute approximate surface area is 68.8 Å². The largest absolute Gasteiger partial charge is 0.502 e. The van der Waals surface area contributed by atoms with Gasteiger partial charge < -0.3 is 4.74 Å². The molecule has 0 bridgehead atoms. The minimum atomic E-state index is 0.621. The second kappa shape index (κ2) is 5.00. The van der Waals surface area contributed by atoms with Crippen LogP contribution in [0.3, 0.4) is 0 Å². The van der Waals surface area contributed by atoms with E-state index >= 15 is 0 Å². The fourth-order valence-electron chi connectivity index (χ4n) is 1.25. The van der Waals surface area contributed by atoms with E-state index in [0.717, 1.165) is 6.61 Å². The first-order valence-electron chi connectivity index (χ1n) is 4.38. The monoisotopic (exact) mass is 152 g/mol. The van der Waals surface area contributed by atoms with Crippen molar-refractivity contribution in [1.82, 2.24) is 0 Å². The maximum atomic E-state index is 5.12. The number of hydrogen-bond acceptors (Lipinski definition) is 1. The molecule has 1 aliphatic rings. The second-order valence-electron chi connectivity index (χ2n) is 2.81. The summed E-state index contributed by atoms with van der Waals surface area (Å²) in [6, 6.07) is 0. The van der Waals surface area contributed by atoms with Crippen molar-refractivity contribution in [2.24, 2.45) is 5.92 Å². The van der Waals surface area contributed by atoms with Crippen LogP contribution >= 0.6 is 0 Å². The van der Waals surface area contributed by atoms with Crippen LogP contribution in [-0.2, 0) is 4.74 Å². The van der Waals surface area contributed by atoms with Gasteiger partial charge in [0.2, 0.25) is 0 Å². The van der Waals surface area contributed by atoms with E-state index in [1.54, 1.807) is 0 Å². The van der Waals surface area contributed by atoms with Crippen molar-refractivity contribution in [2.45, 2.75) is 26.2 Å². The van der Waals surface area contributed by atoms with Crippen molar-refractivity contribution in [3.05, 3.63) is 24.5 Å². The van der Waals surface area contributed by atoms with E-state index in [1.807, 2.05) is 13.2 Å². The van der Waals surface area contributed by atoms with Crippen LogP contribution in [0.15, 0.2) is 24.5 Å². The topological polar surface area (TPSA) is 9.23 Å². The molecule has 1 unspecified atom stereocenters. The van der Waals surface area contributed by atoms with Crippen molar-refractivity contribution in [3.63, 3.8) is 0 Å². The molecular weight excluding hydrogens is 136 g/mol. The van der Waals surface area contributed by atoms with Crippen LogP contribution in [0, 0.1) is 5.92 Å². The maximum Gasteiger partial charge on any atom is 0.0845 e. The van der Waals surface area contributed by atoms with E-state index in [-0.39, 0.29) is 0 Å². The van der Waals surface area contributed by atoms with Crippen molar-refractivity contribution < 1.29 is 4.74 Å². The summed E-state index contributed by atoms with van der Waals surface area (Å²) in [5.74, 6) is 0.621. The zero-order chi connectivity index (χ0) is 7.94. The van der Waals surface area contributed by atoms with Crippen LogP contribution < -0.4 is 0 Å². The SMILES string of the molecule is CCO/C=C\C1C=CCCC1. The highest BCUT2D eigenvalue weighted by Crippen LogP contribution is 2.17. The summed E-state index contributed by atoms with van der Waals surface area (Å²) in [5, 5.41) is 0. The minimum absolute atomic E-state index is 0.621. The van der Waals surface area contributed by atoms with Gasteiger partial charge in [0.1, 0.15) is 0 Å². The van der Waals surface area contributed by atoms with Gasteiger partial charge in [-0.1, -0.05) is 12.2 Å². The summed E-state index contributed by atoms with van der Waals surface area (Å²) in [6.07, 6.45) is 12.3. The summed E-state index contributed by atoms with van der Waals surface area (Å²) in [6.45, 7) is 2.77. The highest BCUT2D eigenvalue weighted by molar-refractivity contribution is 5.01. The average molecular weight is 152 g/mol. The van der Waals surface area contributed by atoms with Gasteiger partial charge >= 0.3 is 0 Å². The molecular formula is C10H16O. The number of allylic oxidation sites excluding steroid dienone is 3. The molecule has 0 radical (unpaired) electrons. The molecule has 62 valence electrons. The summed E-state index contributed by atoms with van der Waals surface area (Å²) < 4.78 is 5.12. The molecule has 0 aromatic rings. The van der Waals surface area contributed by atoms with Crippen LogP contribution in [0.5, 0.6) is 0 Å². The van der Waals surface area contributed by atoms with E-state index in [0.29, 0.717) is 5.92 Å². The first-order chi connectivity index (χ1) is 5.43. The fourth-order valence-corrected chi connectivity index (χ4v) is 1.25. The quantitative estimate of drug-likeness (QED) is 0.446. The molecule has 0 aliphatic heterocycles. The lowest BCUT2D eigenvalue weighted by molar-refractivity contribution is 0.266. The lowest BCUT2D eigenvalue weighted by atomic mass is 9.96. The second-order valence-corrected chi connectivity index (χ2v) is 2.81. The van der Waals surface area contributed by atoms with Gasteiger partial charge in [-0.25, -0.2) is 0 Å². The van der Waals surface area contributed by atoms with E-state index in [1.165, 1.54) is 19.3 Å². The summed E-state index contributed by atoms with van der Waals surface area (Å²) in [5.41, 5.74) is 0. The van der Waals surface area contributed by atoms with Gasteiger partial charge in [-0.05, 0) is 38.2 Å². The molecule has 1 nitrogen and oxygen atoms in total. The summed E-state index contributed by atoms with van der Waals surface area (Å²) in [4.78, 5) is 0. The zero-order valence-electron chi connectivity index (χ0n) is 7.12. The predicted molar refractivity (Wildman–Crippen MR) is 47.2 cm³/mol. The molecule has 11 heavy (non-hydrogen) atoms.